The molecule has 1 rings (SSSR count). The second-order valence-electron chi connectivity index (χ2n) is 1.60. The standard InChI is InChI=1S/C6H7N2.Sm/c1-5-3-2-4-8-6(5)7;/h2,4H,1H3,(H2,7,8);/q-1;. The van der Waals surface area contributed by atoms with Crippen LogP contribution in [0.4, 0.5) is 5.82 Å². The van der Waals surface area contributed by atoms with Gasteiger partial charge in [-0.1, -0.05) is 13.1 Å². The molecular weight excluding hydrogens is 250 g/mol. The van der Waals surface area contributed by atoms with Crippen molar-refractivity contribution >= 4 is 5.82 Å². The first kappa shape index (κ1) is 9.29. The van der Waals surface area contributed by atoms with Gasteiger partial charge in [-0.05, 0) is 0 Å². The quantitative estimate of drug-likeness (QED) is 0.698. The Labute approximate surface area is 87.0 Å². The van der Waals surface area contributed by atoms with Gasteiger partial charge in [-0.2, -0.15) is 12.1 Å². The summed E-state index contributed by atoms with van der Waals surface area (Å²) >= 11 is 0. The minimum atomic E-state index is 0. The van der Waals surface area contributed by atoms with Crippen molar-refractivity contribution in [3.05, 3.63) is 23.9 Å². The maximum Gasteiger partial charge on any atom is 0.0118 e. The number of aromatic nitrogens is 1. The molecule has 0 aliphatic carbocycles. The number of hydrogen-bond donors (Lipinski definition) is 1. The van der Waals surface area contributed by atoms with E-state index in [1.54, 1.807) is 12.3 Å². The molecule has 0 aromatic carbocycles. The summed E-state index contributed by atoms with van der Waals surface area (Å²) in [4.78, 5) is 3.83. The van der Waals surface area contributed by atoms with Crippen LogP contribution in [0.2, 0.25) is 0 Å². The first-order chi connectivity index (χ1) is 3.80. The maximum absolute atomic E-state index is 5.38. The Kier molecular flexibility index (Phi) is 4.29. The molecule has 0 radical (unpaired) electrons. The molecule has 0 saturated heterocycles. The van der Waals surface area contributed by atoms with Gasteiger partial charge >= 0.3 is 0 Å². The van der Waals surface area contributed by atoms with Crippen molar-refractivity contribution in [1.82, 2.24) is 4.98 Å². The molecule has 0 fully saturated rings. The zero-order valence-electron chi connectivity index (χ0n) is 5.09. The molecule has 0 unspecified atom stereocenters. The second-order valence-corrected chi connectivity index (χ2v) is 1.60. The number of hydrogen-bond acceptors (Lipinski definition) is 2. The molecule has 0 spiro atoms. The van der Waals surface area contributed by atoms with Crippen molar-refractivity contribution < 1.29 is 40.4 Å². The third kappa shape index (κ3) is 2.57. The first-order valence-corrected chi connectivity index (χ1v) is 2.39. The topological polar surface area (TPSA) is 38.9 Å². The molecule has 0 bridgehead atoms. The number of pyridine rings is 1. The summed E-state index contributed by atoms with van der Waals surface area (Å²) in [5, 5.41) is 0. The third-order valence-electron chi connectivity index (χ3n) is 0.972. The van der Waals surface area contributed by atoms with E-state index in [4.69, 9.17) is 5.73 Å². The molecule has 0 aliphatic rings. The number of nitrogen functional groups attached to an aromatic ring is 1. The van der Waals surface area contributed by atoms with Crippen LogP contribution in [0.5, 0.6) is 0 Å². The van der Waals surface area contributed by atoms with E-state index in [0.717, 1.165) is 5.56 Å². The zero-order valence-corrected chi connectivity index (χ0v) is 7.71. The Bertz CT molecular complexity index is 167. The van der Waals surface area contributed by atoms with Gasteiger partial charge in [0.2, 0.25) is 0 Å². The Morgan fingerprint density at radius 3 is 2.67 bits per heavy atom. The van der Waals surface area contributed by atoms with Crippen LogP contribution in [-0.2, 0) is 0 Å². The molecule has 0 saturated carbocycles. The van der Waals surface area contributed by atoms with Crippen LogP contribution < -0.4 is 5.73 Å². The third-order valence-corrected chi connectivity index (χ3v) is 0.972. The number of anilines is 1. The van der Waals surface area contributed by atoms with Gasteiger partial charge in [0, 0.05) is 46.2 Å². The minimum absolute atomic E-state index is 0. The van der Waals surface area contributed by atoms with Crippen LogP contribution in [0.25, 0.3) is 0 Å². The van der Waals surface area contributed by atoms with Crippen molar-refractivity contribution in [1.29, 1.82) is 0 Å². The van der Waals surface area contributed by atoms with Crippen LogP contribution in [0.15, 0.2) is 12.3 Å². The van der Waals surface area contributed by atoms with E-state index in [9.17, 15) is 0 Å². The van der Waals surface area contributed by atoms with Crippen LogP contribution in [0.1, 0.15) is 5.56 Å². The van der Waals surface area contributed by atoms with Crippen LogP contribution in [-0.4, -0.2) is 4.98 Å². The van der Waals surface area contributed by atoms with E-state index in [-0.39, 0.29) is 40.4 Å². The Morgan fingerprint density at radius 2 is 2.33 bits per heavy atom. The van der Waals surface area contributed by atoms with Gasteiger partial charge in [0.15, 0.2) is 0 Å². The summed E-state index contributed by atoms with van der Waals surface area (Å²) in [5.41, 5.74) is 6.29. The Hall–Kier alpha value is 0.288. The second kappa shape index (κ2) is 4.16. The van der Waals surface area contributed by atoms with Crippen molar-refractivity contribution in [3.8, 4) is 0 Å². The molecule has 2 nitrogen and oxygen atoms in total. The van der Waals surface area contributed by atoms with E-state index < -0.39 is 0 Å². The van der Waals surface area contributed by atoms with Gasteiger partial charge in [0.25, 0.3) is 0 Å². The van der Waals surface area contributed by atoms with Crippen molar-refractivity contribution in [2.75, 3.05) is 5.73 Å². The monoisotopic (exact) mass is 259 g/mol. The zero-order chi connectivity index (χ0) is 5.98. The maximum atomic E-state index is 5.38. The van der Waals surface area contributed by atoms with E-state index in [1.807, 2.05) is 6.92 Å². The van der Waals surface area contributed by atoms with E-state index in [0.29, 0.717) is 5.82 Å². The summed E-state index contributed by atoms with van der Waals surface area (Å²) < 4.78 is 0. The predicted molar refractivity (Wildman–Crippen MR) is 32.2 cm³/mol. The molecule has 0 atom stereocenters. The van der Waals surface area contributed by atoms with Gasteiger partial charge in [-0.25, -0.2) is 0 Å². The smallest absolute Gasteiger partial charge is 0.0118 e. The first-order valence-electron chi connectivity index (χ1n) is 2.39. The van der Waals surface area contributed by atoms with Crippen molar-refractivity contribution in [2.45, 2.75) is 6.92 Å². The SMILES string of the molecule is Cc1[c-]ccnc1N.[Sm]. The van der Waals surface area contributed by atoms with Gasteiger partial charge in [-0.3, -0.25) is 0 Å². The summed E-state index contributed by atoms with van der Waals surface area (Å²) in [6, 6.07) is 4.65. The fourth-order valence-corrected chi connectivity index (χ4v) is 0.451. The Morgan fingerprint density at radius 1 is 1.67 bits per heavy atom. The fraction of sp³-hybridized carbons (Fsp3) is 0.167. The number of rotatable bonds is 0. The Balaban J connectivity index is 0.000000640. The van der Waals surface area contributed by atoms with Crippen LogP contribution in [0.3, 0.4) is 0 Å². The van der Waals surface area contributed by atoms with E-state index >= 15 is 0 Å². The summed E-state index contributed by atoms with van der Waals surface area (Å²) in [6.07, 6.45) is 1.63. The summed E-state index contributed by atoms with van der Waals surface area (Å²) in [6.45, 7) is 1.88. The molecule has 48 valence electrons. The minimum Gasteiger partial charge on any atom is -0.435 e. The summed E-state index contributed by atoms with van der Waals surface area (Å²) in [5.74, 6) is 0.563. The molecule has 2 N–H and O–H groups in total. The molecule has 1 aromatic heterocycles. The van der Waals surface area contributed by atoms with Crippen LogP contribution >= 0.6 is 0 Å². The summed E-state index contributed by atoms with van der Waals surface area (Å²) in [7, 11) is 0. The van der Waals surface area contributed by atoms with E-state index in [2.05, 4.69) is 11.1 Å². The van der Waals surface area contributed by atoms with Gasteiger partial charge in [0.1, 0.15) is 0 Å². The normalized spacial score (nSPS) is 8.11. The average molecular weight is 257 g/mol. The fourth-order valence-electron chi connectivity index (χ4n) is 0.451. The van der Waals surface area contributed by atoms with Gasteiger partial charge in [0.05, 0.1) is 0 Å². The van der Waals surface area contributed by atoms with Crippen LogP contribution in [0, 0.1) is 53.4 Å². The molecule has 3 heteroatoms. The molecule has 9 heavy (non-hydrogen) atoms. The van der Waals surface area contributed by atoms with E-state index in [1.165, 1.54) is 0 Å². The number of nitrogens with two attached hydrogens (primary N) is 1. The largest absolute Gasteiger partial charge is 0.435 e. The van der Waals surface area contributed by atoms with Crippen molar-refractivity contribution in [3.63, 3.8) is 0 Å². The molecule has 1 heterocycles. The van der Waals surface area contributed by atoms with Gasteiger partial charge in [-0.15, -0.1) is 5.56 Å². The average Bonchev–Trinajstić information content (AvgIpc) is 1.77. The molecule has 0 aliphatic heterocycles. The molecular formula is C6H7N2Sm-. The molecule has 0 amide bonds. The number of aryl methyl sites for hydroxylation is 1. The van der Waals surface area contributed by atoms with Crippen molar-refractivity contribution in [2.24, 2.45) is 0 Å². The molecule has 1 aromatic rings. The van der Waals surface area contributed by atoms with Gasteiger partial charge < -0.3 is 10.7 Å². The predicted octanol–water partition coefficient (Wildman–Crippen LogP) is 0.772. The number of nitrogens with zero attached hydrogens (tertiary/aromatic N) is 1.